The molecule has 0 unspecified atom stereocenters. The second-order valence-corrected chi connectivity index (χ2v) is 2.56. The molecule has 0 atom stereocenters. The van der Waals surface area contributed by atoms with Crippen molar-refractivity contribution < 1.29 is 0 Å². The number of nitrogens with two attached hydrogens (primary N) is 1. The van der Waals surface area contributed by atoms with Crippen LogP contribution in [-0.4, -0.2) is 6.54 Å². The first kappa shape index (κ1) is 13.6. The summed E-state index contributed by atoms with van der Waals surface area (Å²) in [5.74, 6) is 0. The maximum absolute atomic E-state index is 5.28. The highest BCUT2D eigenvalue weighted by molar-refractivity contribution is 5.85. The van der Waals surface area contributed by atoms with E-state index in [4.69, 9.17) is 5.73 Å². The number of unbranched alkanes of at least 4 members (excludes halogenated alkanes) is 4. The lowest BCUT2D eigenvalue weighted by Crippen LogP contribution is -1.91. The van der Waals surface area contributed by atoms with Crippen LogP contribution in [0.15, 0.2) is 12.2 Å². The number of halogens is 1. The standard InChI is InChI=1S/C9H19N.ClH/c1-2-3-4-5-6-7-8-9-10;/h7-8H,2-6,9-10H2,1H3;1H. The van der Waals surface area contributed by atoms with Crippen molar-refractivity contribution in [2.45, 2.75) is 39.0 Å². The Morgan fingerprint density at radius 3 is 2.36 bits per heavy atom. The van der Waals surface area contributed by atoms with Gasteiger partial charge in [0, 0.05) is 6.54 Å². The summed E-state index contributed by atoms with van der Waals surface area (Å²) in [7, 11) is 0. The highest BCUT2D eigenvalue weighted by Gasteiger charge is 1.82. The quantitative estimate of drug-likeness (QED) is 0.490. The first-order valence-electron chi connectivity index (χ1n) is 4.27. The van der Waals surface area contributed by atoms with Crippen LogP contribution >= 0.6 is 12.4 Å². The molecule has 0 aliphatic heterocycles. The zero-order valence-corrected chi connectivity index (χ0v) is 8.20. The molecular weight excluding hydrogens is 158 g/mol. The van der Waals surface area contributed by atoms with Crippen molar-refractivity contribution in [1.29, 1.82) is 0 Å². The highest BCUT2D eigenvalue weighted by atomic mass is 35.5. The van der Waals surface area contributed by atoms with E-state index in [1.807, 2.05) is 6.08 Å². The minimum atomic E-state index is 0. The lowest BCUT2D eigenvalue weighted by molar-refractivity contribution is 0.674. The summed E-state index contributed by atoms with van der Waals surface area (Å²) >= 11 is 0. The molecule has 0 aliphatic carbocycles. The summed E-state index contributed by atoms with van der Waals surface area (Å²) in [6, 6.07) is 0. The molecule has 11 heavy (non-hydrogen) atoms. The number of rotatable bonds is 6. The minimum absolute atomic E-state index is 0. The smallest absolute Gasteiger partial charge is 0.0106 e. The molecule has 1 nitrogen and oxygen atoms in total. The molecule has 0 rings (SSSR count). The average Bonchev–Trinajstić information content (AvgIpc) is 1.97. The van der Waals surface area contributed by atoms with Crippen molar-refractivity contribution in [3.05, 3.63) is 12.2 Å². The molecule has 0 bridgehead atoms. The van der Waals surface area contributed by atoms with Crippen LogP contribution in [-0.2, 0) is 0 Å². The fourth-order valence-electron chi connectivity index (χ4n) is 0.903. The maximum Gasteiger partial charge on any atom is 0.0106 e. The normalized spacial score (nSPS) is 10.0. The third kappa shape index (κ3) is 13.1. The molecule has 0 aromatic rings. The lowest BCUT2D eigenvalue weighted by Gasteiger charge is -1.93. The Morgan fingerprint density at radius 2 is 1.82 bits per heavy atom. The molecule has 2 heteroatoms. The van der Waals surface area contributed by atoms with Crippen molar-refractivity contribution in [1.82, 2.24) is 0 Å². The Morgan fingerprint density at radius 1 is 1.09 bits per heavy atom. The molecule has 0 fully saturated rings. The predicted molar refractivity (Wildman–Crippen MR) is 54.2 cm³/mol. The van der Waals surface area contributed by atoms with Gasteiger partial charge in [0.25, 0.3) is 0 Å². The third-order valence-electron chi connectivity index (χ3n) is 1.53. The van der Waals surface area contributed by atoms with Crippen LogP contribution in [0, 0.1) is 0 Å². The summed E-state index contributed by atoms with van der Waals surface area (Å²) in [4.78, 5) is 0. The van der Waals surface area contributed by atoms with Crippen molar-refractivity contribution in [2.24, 2.45) is 5.73 Å². The Kier molecular flexibility index (Phi) is 15.6. The van der Waals surface area contributed by atoms with Gasteiger partial charge in [0.1, 0.15) is 0 Å². The van der Waals surface area contributed by atoms with E-state index in [0.29, 0.717) is 6.54 Å². The van der Waals surface area contributed by atoms with Gasteiger partial charge in [-0.15, -0.1) is 12.4 Å². The summed E-state index contributed by atoms with van der Waals surface area (Å²) < 4.78 is 0. The molecule has 0 aliphatic rings. The van der Waals surface area contributed by atoms with E-state index < -0.39 is 0 Å². The van der Waals surface area contributed by atoms with Gasteiger partial charge in [0.15, 0.2) is 0 Å². The molecule has 68 valence electrons. The van der Waals surface area contributed by atoms with Gasteiger partial charge in [-0.2, -0.15) is 0 Å². The Balaban J connectivity index is 0. The first-order chi connectivity index (χ1) is 4.91. The molecule has 2 N–H and O–H groups in total. The summed E-state index contributed by atoms with van der Waals surface area (Å²) in [5, 5.41) is 0. The molecule has 0 heterocycles. The van der Waals surface area contributed by atoms with Crippen molar-refractivity contribution in [3.8, 4) is 0 Å². The third-order valence-corrected chi connectivity index (χ3v) is 1.53. The van der Waals surface area contributed by atoms with Crippen molar-refractivity contribution in [3.63, 3.8) is 0 Å². The van der Waals surface area contributed by atoms with Crippen LogP contribution in [0.5, 0.6) is 0 Å². The van der Waals surface area contributed by atoms with E-state index >= 15 is 0 Å². The van der Waals surface area contributed by atoms with Crippen LogP contribution in [0.25, 0.3) is 0 Å². The van der Waals surface area contributed by atoms with Gasteiger partial charge in [-0.1, -0.05) is 38.3 Å². The Labute approximate surface area is 76.5 Å². The van der Waals surface area contributed by atoms with Gasteiger partial charge in [0.05, 0.1) is 0 Å². The molecular formula is C9H20ClN. The highest BCUT2D eigenvalue weighted by Crippen LogP contribution is 2.02. The average molecular weight is 178 g/mol. The topological polar surface area (TPSA) is 26.0 Å². The largest absolute Gasteiger partial charge is 0.327 e. The predicted octanol–water partition coefficient (Wildman–Crippen LogP) is 2.89. The maximum atomic E-state index is 5.28. The summed E-state index contributed by atoms with van der Waals surface area (Å²) in [6.45, 7) is 2.92. The van der Waals surface area contributed by atoms with Gasteiger partial charge in [0.2, 0.25) is 0 Å². The van der Waals surface area contributed by atoms with Crippen LogP contribution < -0.4 is 5.73 Å². The summed E-state index contributed by atoms with van der Waals surface area (Å²) in [6.07, 6.45) is 10.8. The fraction of sp³-hybridized carbons (Fsp3) is 0.778. The van der Waals surface area contributed by atoms with Gasteiger partial charge in [-0.25, -0.2) is 0 Å². The summed E-state index contributed by atoms with van der Waals surface area (Å²) in [5.41, 5.74) is 5.28. The van der Waals surface area contributed by atoms with E-state index in [1.54, 1.807) is 0 Å². The van der Waals surface area contributed by atoms with Crippen LogP contribution in [0.2, 0.25) is 0 Å². The van der Waals surface area contributed by atoms with E-state index in [1.165, 1.54) is 32.1 Å². The van der Waals surface area contributed by atoms with Gasteiger partial charge < -0.3 is 5.73 Å². The van der Waals surface area contributed by atoms with Gasteiger partial charge in [-0.05, 0) is 12.8 Å². The van der Waals surface area contributed by atoms with Crippen LogP contribution in [0.4, 0.5) is 0 Å². The van der Waals surface area contributed by atoms with E-state index in [2.05, 4.69) is 13.0 Å². The van der Waals surface area contributed by atoms with Gasteiger partial charge >= 0.3 is 0 Å². The number of allylic oxidation sites excluding steroid dienone is 1. The first-order valence-corrected chi connectivity index (χ1v) is 4.27. The SMILES string of the molecule is CCCCCCC=CCN.Cl. The number of hydrogen-bond acceptors (Lipinski definition) is 1. The lowest BCUT2D eigenvalue weighted by atomic mass is 10.1. The van der Waals surface area contributed by atoms with Crippen molar-refractivity contribution >= 4 is 12.4 Å². The molecule has 0 saturated carbocycles. The molecule has 0 radical (unpaired) electrons. The molecule has 0 aromatic heterocycles. The second-order valence-electron chi connectivity index (χ2n) is 2.56. The molecule has 0 spiro atoms. The Hall–Kier alpha value is -0.0100. The minimum Gasteiger partial charge on any atom is -0.327 e. The molecule has 0 aromatic carbocycles. The zero-order valence-electron chi connectivity index (χ0n) is 7.38. The number of hydrogen-bond donors (Lipinski definition) is 1. The molecule has 0 amide bonds. The zero-order chi connectivity index (χ0) is 7.66. The fourth-order valence-corrected chi connectivity index (χ4v) is 0.903. The van der Waals surface area contributed by atoms with Crippen LogP contribution in [0.3, 0.4) is 0 Å². The van der Waals surface area contributed by atoms with E-state index in [0.717, 1.165) is 0 Å². The Bertz CT molecular complexity index is 81.6. The van der Waals surface area contributed by atoms with Crippen molar-refractivity contribution in [2.75, 3.05) is 6.54 Å². The van der Waals surface area contributed by atoms with E-state index in [-0.39, 0.29) is 12.4 Å². The molecule has 0 saturated heterocycles. The van der Waals surface area contributed by atoms with Crippen LogP contribution in [0.1, 0.15) is 39.0 Å². The monoisotopic (exact) mass is 177 g/mol. The second kappa shape index (κ2) is 12.6. The van der Waals surface area contributed by atoms with Gasteiger partial charge in [-0.3, -0.25) is 0 Å². The van der Waals surface area contributed by atoms with E-state index in [9.17, 15) is 0 Å².